The lowest BCUT2D eigenvalue weighted by Gasteiger charge is -2.11. The zero-order valence-electron chi connectivity index (χ0n) is 15.7. The number of fused-ring (bicyclic) bond motifs is 1. The van der Waals surface area contributed by atoms with Gasteiger partial charge in [-0.3, -0.25) is 5.32 Å². The summed E-state index contributed by atoms with van der Waals surface area (Å²) >= 11 is 0. The number of hydrogen-bond donors (Lipinski definition) is 2. The number of alkyl halides is 3. The number of anilines is 1. The lowest BCUT2D eigenvalue weighted by molar-refractivity contribution is -0.274. The molecule has 0 unspecified atom stereocenters. The lowest BCUT2D eigenvalue weighted by atomic mass is 10.0. The van der Waals surface area contributed by atoms with Gasteiger partial charge in [-0.25, -0.2) is 4.79 Å². The number of carbonyl (C=O) groups is 1. The van der Waals surface area contributed by atoms with Crippen LogP contribution in [0.3, 0.4) is 0 Å². The third-order valence-corrected chi connectivity index (χ3v) is 4.08. The zero-order chi connectivity index (χ0) is 21.7. The molecule has 0 saturated carbocycles. The molecule has 0 spiro atoms. The second-order valence-electron chi connectivity index (χ2n) is 6.18. The molecule has 0 fully saturated rings. The summed E-state index contributed by atoms with van der Waals surface area (Å²) in [6.45, 7) is -0.275. The van der Waals surface area contributed by atoms with E-state index in [1.165, 1.54) is 12.1 Å². The van der Waals surface area contributed by atoms with Crippen LogP contribution in [0.15, 0.2) is 60.7 Å². The van der Waals surface area contributed by atoms with E-state index in [0.717, 1.165) is 28.7 Å². The second-order valence-corrected chi connectivity index (χ2v) is 6.18. The van der Waals surface area contributed by atoms with Gasteiger partial charge in [-0.15, -0.1) is 13.2 Å². The van der Waals surface area contributed by atoms with Gasteiger partial charge in [-0.05, 0) is 58.8 Å². The predicted molar refractivity (Wildman–Crippen MR) is 105 cm³/mol. The highest BCUT2D eigenvalue weighted by atomic mass is 19.4. The number of benzene rings is 3. The highest BCUT2D eigenvalue weighted by Gasteiger charge is 2.30. The Bertz CT molecular complexity index is 1070. The quantitative estimate of drug-likeness (QED) is 0.528. The van der Waals surface area contributed by atoms with Gasteiger partial charge < -0.3 is 19.6 Å². The Morgan fingerprint density at radius 2 is 1.60 bits per heavy atom. The third kappa shape index (κ3) is 5.63. The maximum absolute atomic E-state index is 12.2. The molecule has 3 rings (SSSR count). The van der Waals surface area contributed by atoms with E-state index in [1.54, 1.807) is 19.2 Å². The maximum Gasteiger partial charge on any atom is 0.573 e. The second kappa shape index (κ2) is 8.73. The molecule has 30 heavy (non-hydrogen) atoms. The van der Waals surface area contributed by atoms with E-state index in [9.17, 15) is 18.0 Å². The van der Waals surface area contributed by atoms with Gasteiger partial charge >= 0.3 is 12.5 Å². The highest BCUT2D eigenvalue weighted by molar-refractivity contribution is 6.03. The Balaban J connectivity index is 1.55. The third-order valence-electron chi connectivity index (χ3n) is 4.08. The SMILES string of the molecule is COc1ccc2cc(C(=N)COC(=O)Nc3ccc(OC(F)(F)F)cc3)ccc2c1. The van der Waals surface area contributed by atoms with Crippen LogP contribution in [0.25, 0.3) is 10.8 Å². The van der Waals surface area contributed by atoms with Gasteiger partial charge in [0.1, 0.15) is 18.1 Å². The fourth-order valence-electron chi connectivity index (χ4n) is 2.65. The van der Waals surface area contributed by atoms with Crippen LogP contribution in [0, 0.1) is 5.41 Å². The summed E-state index contributed by atoms with van der Waals surface area (Å²) in [6.07, 6.45) is -5.63. The monoisotopic (exact) mass is 418 g/mol. The Kier molecular flexibility index (Phi) is 6.10. The molecule has 6 nitrogen and oxygen atoms in total. The largest absolute Gasteiger partial charge is 0.573 e. The molecule has 1 amide bonds. The zero-order valence-corrected chi connectivity index (χ0v) is 15.7. The molecule has 0 saturated heterocycles. The number of nitrogens with one attached hydrogen (secondary N) is 2. The van der Waals surface area contributed by atoms with Crippen molar-refractivity contribution in [3.8, 4) is 11.5 Å². The van der Waals surface area contributed by atoms with Crippen molar-refractivity contribution in [3.63, 3.8) is 0 Å². The average molecular weight is 418 g/mol. The van der Waals surface area contributed by atoms with Gasteiger partial charge in [0.25, 0.3) is 0 Å². The highest BCUT2D eigenvalue weighted by Crippen LogP contribution is 2.24. The van der Waals surface area contributed by atoms with Crippen molar-refractivity contribution in [2.45, 2.75) is 6.36 Å². The molecule has 2 N–H and O–H groups in total. The van der Waals surface area contributed by atoms with Crippen LogP contribution < -0.4 is 14.8 Å². The number of ether oxygens (including phenoxy) is 3. The van der Waals surface area contributed by atoms with E-state index in [-0.39, 0.29) is 18.0 Å². The molecule has 0 heterocycles. The van der Waals surface area contributed by atoms with Crippen molar-refractivity contribution in [1.29, 1.82) is 5.41 Å². The normalized spacial score (nSPS) is 11.1. The lowest BCUT2D eigenvalue weighted by Crippen LogP contribution is -2.19. The van der Waals surface area contributed by atoms with Crippen LogP contribution in [-0.4, -0.2) is 31.9 Å². The van der Waals surface area contributed by atoms with Gasteiger partial charge in [0.05, 0.1) is 12.8 Å². The summed E-state index contributed by atoms with van der Waals surface area (Å²) in [5.74, 6) is 0.320. The Morgan fingerprint density at radius 3 is 2.27 bits per heavy atom. The van der Waals surface area contributed by atoms with Crippen molar-refractivity contribution >= 4 is 28.3 Å². The van der Waals surface area contributed by atoms with Crippen molar-refractivity contribution < 1.29 is 32.2 Å². The number of halogens is 3. The number of carbonyl (C=O) groups excluding carboxylic acids is 1. The average Bonchev–Trinajstić information content (AvgIpc) is 2.71. The Hall–Kier alpha value is -3.75. The first kappa shape index (κ1) is 21.0. The fourth-order valence-corrected chi connectivity index (χ4v) is 2.65. The van der Waals surface area contributed by atoms with Crippen molar-refractivity contribution in [3.05, 3.63) is 66.2 Å². The minimum absolute atomic E-state index is 0.0943. The molecule has 0 radical (unpaired) electrons. The molecule has 0 atom stereocenters. The van der Waals surface area contributed by atoms with Gasteiger partial charge in [0.2, 0.25) is 0 Å². The summed E-state index contributed by atoms with van der Waals surface area (Å²) in [6, 6.07) is 15.5. The first-order valence-electron chi connectivity index (χ1n) is 8.69. The first-order chi connectivity index (χ1) is 14.2. The van der Waals surface area contributed by atoms with Crippen molar-refractivity contribution in [2.75, 3.05) is 19.0 Å². The predicted octanol–water partition coefficient (Wildman–Crippen LogP) is 5.36. The van der Waals surface area contributed by atoms with Crippen LogP contribution in [0.1, 0.15) is 5.56 Å². The Morgan fingerprint density at radius 1 is 0.967 bits per heavy atom. The fraction of sp³-hybridized carbons (Fsp3) is 0.143. The number of methoxy groups -OCH3 is 1. The van der Waals surface area contributed by atoms with E-state index in [0.29, 0.717) is 5.56 Å². The molecule has 0 aromatic heterocycles. The van der Waals surface area contributed by atoms with Gasteiger partial charge in [0.15, 0.2) is 0 Å². The summed E-state index contributed by atoms with van der Waals surface area (Å²) in [5.41, 5.74) is 0.909. The molecule has 156 valence electrons. The minimum Gasteiger partial charge on any atom is -0.497 e. The molecule has 0 bridgehead atoms. The van der Waals surface area contributed by atoms with Crippen LogP contribution in [0.5, 0.6) is 11.5 Å². The van der Waals surface area contributed by atoms with Crippen LogP contribution >= 0.6 is 0 Å². The van der Waals surface area contributed by atoms with E-state index in [4.69, 9.17) is 14.9 Å². The summed E-state index contributed by atoms with van der Waals surface area (Å²) in [4.78, 5) is 11.9. The van der Waals surface area contributed by atoms with Gasteiger partial charge in [-0.2, -0.15) is 0 Å². The molecule has 3 aromatic rings. The molecular formula is C21H17F3N2O4. The standard InChI is InChI=1S/C21H17F3N2O4/c1-28-18-7-4-13-10-15(3-2-14(13)11-18)19(25)12-29-20(27)26-16-5-8-17(9-6-16)30-21(22,23)24/h2-11,25H,12H2,1H3,(H,26,27). The minimum atomic E-state index is -4.79. The topological polar surface area (TPSA) is 80.6 Å². The van der Waals surface area contributed by atoms with Crippen LogP contribution in [0.4, 0.5) is 23.7 Å². The summed E-state index contributed by atoms with van der Waals surface area (Å²) in [5, 5.41) is 12.3. The number of hydrogen-bond acceptors (Lipinski definition) is 5. The number of amides is 1. The van der Waals surface area contributed by atoms with E-state index in [1.807, 2.05) is 24.3 Å². The summed E-state index contributed by atoms with van der Waals surface area (Å²) < 4.78 is 50.4. The van der Waals surface area contributed by atoms with E-state index in [2.05, 4.69) is 10.1 Å². The molecule has 0 aliphatic rings. The maximum atomic E-state index is 12.2. The smallest absolute Gasteiger partial charge is 0.497 e. The van der Waals surface area contributed by atoms with E-state index >= 15 is 0 Å². The van der Waals surface area contributed by atoms with Crippen LogP contribution in [-0.2, 0) is 4.74 Å². The Labute approximate surface area is 169 Å². The number of rotatable bonds is 6. The molecule has 0 aliphatic heterocycles. The molecule has 0 aliphatic carbocycles. The van der Waals surface area contributed by atoms with Crippen molar-refractivity contribution in [1.82, 2.24) is 0 Å². The molecular weight excluding hydrogens is 401 g/mol. The molecule has 3 aromatic carbocycles. The van der Waals surface area contributed by atoms with Gasteiger partial charge in [0, 0.05) is 5.69 Å². The molecule has 9 heteroatoms. The van der Waals surface area contributed by atoms with Crippen molar-refractivity contribution in [2.24, 2.45) is 0 Å². The first-order valence-corrected chi connectivity index (χ1v) is 8.69. The van der Waals surface area contributed by atoms with Crippen LogP contribution in [0.2, 0.25) is 0 Å². The van der Waals surface area contributed by atoms with Gasteiger partial charge in [-0.1, -0.05) is 18.2 Å². The van der Waals surface area contributed by atoms with E-state index < -0.39 is 18.2 Å². The summed E-state index contributed by atoms with van der Waals surface area (Å²) in [7, 11) is 1.58.